The van der Waals surface area contributed by atoms with Gasteiger partial charge < -0.3 is 5.11 Å². The maximum atomic E-state index is 10.2. The third kappa shape index (κ3) is 2.25. The first-order valence-corrected chi connectivity index (χ1v) is 5.74. The summed E-state index contributed by atoms with van der Waals surface area (Å²) in [7, 11) is 0. The van der Waals surface area contributed by atoms with Crippen LogP contribution in [-0.4, -0.2) is 10.7 Å². The molecule has 0 amide bonds. The van der Waals surface area contributed by atoms with Gasteiger partial charge in [0, 0.05) is 5.92 Å². The zero-order valence-electron chi connectivity index (χ0n) is 9.85. The van der Waals surface area contributed by atoms with Crippen LogP contribution in [0.4, 0.5) is 0 Å². The molecule has 0 spiro atoms. The average molecular weight is 214 g/mol. The van der Waals surface area contributed by atoms with E-state index < -0.39 is 5.60 Å². The Balaban J connectivity index is 2.17. The largest absolute Gasteiger partial charge is 0.385 e. The highest BCUT2D eigenvalue weighted by Gasteiger charge is 2.29. The van der Waals surface area contributed by atoms with Crippen LogP contribution in [0.1, 0.15) is 19.4 Å². The Hall–Kier alpha value is -1.34. The zero-order valence-corrected chi connectivity index (χ0v) is 9.85. The fourth-order valence-electron chi connectivity index (χ4n) is 2.07. The normalized spacial score (nSPS) is 28.9. The van der Waals surface area contributed by atoms with Gasteiger partial charge in [-0.2, -0.15) is 0 Å². The Morgan fingerprint density at radius 3 is 2.62 bits per heavy atom. The van der Waals surface area contributed by atoms with Crippen LogP contribution in [0.5, 0.6) is 0 Å². The van der Waals surface area contributed by atoms with Gasteiger partial charge in [0.1, 0.15) is 0 Å². The molecule has 2 unspecified atom stereocenters. The van der Waals surface area contributed by atoms with Crippen LogP contribution in [-0.2, 0) is 6.42 Å². The number of benzene rings is 1. The second-order valence-electron chi connectivity index (χ2n) is 4.71. The molecule has 0 saturated heterocycles. The summed E-state index contributed by atoms with van der Waals surface area (Å²) in [6.07, 6.45) is 6.86. The highest BCUT2D eigenvalue weighted by molar-refractivity contribution is 5.32. The van der Waals surface area contributed by atoms with Crippen molar-refractivity contribution in [2.24, 2.45) is 5.92 Å². The van der Waals surface area contributed by atoms with Crippen LogP contribution in [0.2, 0.25) is 0 Å². The highest BCUT2D eigenvalue weighted by Crippen LogP contribution is 2.31. The van der Waals surface area contributed by atoms with Crippen LogP contribution in [0.15, 0.2) is 54.1 Å². The van der Waals surface area contributed by atoms with E-state index in [1.54, 1.807) is 0 Å². The van der Waals surface area contributed by atoms with Gasteiger partial charge in [-0.25, -0.2) is 0 Å². The summed E-state index contributed by atoms with van der Waals surface area (Å²) >= 11 is 0. The molecule has 1 heteroatoms. The zero-order chi connectivity index (χ0) is 11.6. The van der Waals surface area contributed by atoms with Gasteiger partial charge in [-0.05, 0) is 18.9 Å². The molecule has 2 atom stereocenters. The first kappa shape index (κ1) is 11.2. The van der Waals surface area contributed by atoms with Crippen molar-refractivity contribution in [3.63, 3.8) is 0 Å². The Morgan fingerprint density at radius 2 is 1.94 bits per heavy atom. The third-order valence-corrected chi connectivity index (χ3v) is 3.43. The van der Waals surface area contributed by atoms with Gasteiger partial charge in [0.2, 0.25) is 0 Å². The van der Waals surface area contributed by atoms with Crippen molar-refractivity contribution >= 4 is 0 Å². The summed E-state index contributed by atoms with van der Waals surface area (Å²) in [5, 5.41) is 10.2. The molecule has 0 saturated carbocycles. The molecular formula is C15H18O. The summed E-state index contributed by atoms with van der Waals surface area (Å²) in [6, 6.07) is 10.4. The second-order valence-corrected chi connectivity index (χ2v) is 4.71. The van der Waals surface area contributed by atoms with Gasteiger partial charge in [0.25, 0.3) is 0 Å². The molecule has 1 aromatic rings. The van der Waals surface area contributed by atoms with Gasteiger partial charge in [-0.15, -0.1) is 0 Å². The lowest BCUT2D eigenvalue weighted by Crippen LogP contribution is -2.33. The van der Waals surface area contributed by atoms with Crippen molar-refractivity contribution in [2.45, 2.75) is 25.9 Å². The van der Waals surface area contributed by atoms with Gasteiger partial charge >= 0.3 is 0 Å². The third-order valence-electron chi connectivity index (χ3n) is 3.43. The molecule has 0 aliphatic heterocycles. The standard InChI is InChI=1S/C15H18O/c1-12-14(9-6-10-15(12,2)16)11-13-7-4-3-5-8-13/h3-10,12,16H,11H2,1-2H3. The summed E-state index contributed by atoms with van der Waals surface area (Å²) in [5.41, 5.74) is 1.88. The Bertz CT molecular complexity index is 412. The lowest BCUT2D eigenvalue weighted by atomic mass is 9.79. The second kappa shape index (κ2) is 4.26. The van der Waals surface area contributed by atoms with E-state index in [-0.39, 0.29) is 5.92 Å². The van der Waals surface area contributed by atoms with Crippen molar-refractivity contribution < 1.29 is 5.11 Å². The molecule has 0 heterocycles. The van der Waals surface area contributed by atoms with E-state index in [1.165, 1.54) is 11.1 Å². The maximum Gasteiger partial charge on any atom is 0.0865 e. The molecule has 84 valence electrons. The smallest absolute Gasteiger partial charge is 0.0865 e. The van der Waals surface area contributed by atoms with Crippen molar-refractivity contribution in [3.8, 4) is 0 Å². The lowest BCUT2D eigenvalue weighted by Gasteiger charge is -2.32. The quantitative estimate of drug-likeness (QED) is 0.802. The molecule has 0 fully saturated rings. The monoisotopic (exact) mass is 214 g/mol. The number of aliphatic hydroxyl groups is 1. The Morgan fingerprint density at radius 1 is 1.25 bits per heavy atom. The van der Waals surface area contributed by atoms with Crippen molar-refractivity contribution in [3.05, 3.63) is 59.7 Å². The minimum absolute atomic E-state index is 0.178. The van der Waals surface area contributed by atoms with Gasteiger partial charge in [-0.3, -0.25) is 0 Å². The lowest BCUT2D eigenvalue weighted by molar-refractivity contribution is 0.0671. The maximum absolute atomic E-state index is 10.2. The van der Waals surface area contributed by atoms with Crippen LogP contribution in [0.25, 0.3) is 0 Å². The predicted molar refractivity (Wildman–Crippen MR) is 67.2 cm³/mol. The topological polar surface area (TPSA) is 20.2 Å². The summed E-state index contributed by atoms with van der Waals surface area (Å²) in [6.45, 7) is 3.95. The molecule has 1 aliphatic rings. The van der Waals surface area contributed by atoms with Gasteiger partial charge in [0.15, 0.2) is 0 Å². The molecule has 1 aliphatic carbocycles. The summed E-state index contributed by atoms with van der Waals surface area (Å²) in [4.78, 5) is 0. The van der Waals surface area contributed by atoms with E-state index in [4.69, 9.17) is 0 Å². The molecule has 0 bridgehead atoms. The first-order valence-electron chi connectivity index (χ1n) is 5.74. The minimum atomic E-state index is -0.709. The molecule has 16 heavy (non-hydrogen) atoms. The van der Waals surface area contributed by atoms with Gasteiger partial charge in [0.05, 0.1) is 5.60 Å². The molecular weight excluding hydrogens is 196 g/mol. The van der Waals surface area contributed by atoms with Crippen molar-refractivity contribution in [2.75, 3.05) is 0 Å². The van der Waals surface area contributed by atoms with Crippen molar-refractivity contribution in [1.29, 1.82) is 0 Å². The number of allylic oxidation sites excluding steroid dienone is 2. The summed E-state index contributed by atoms with van der Waals surface area (Å²) < 4.78 is 0. The highest BCUT2D eigenvalue weighted by atomic mass is 16.3. The molecule has 0 aromatic heterocycles. The first-order chi connectivity index (χ1) is 7.59. The number of hydrogen-bond acceptors (Lipinski definition) is 1. The molecule has 2 rings (SSSR count). The molecule has 1 N–H and O–H groups in total. The fraction of sp³-hybridized carbons (Fsp3) is 0.333. The van der Waals surface area contributed by atoms with E-state index in [2.05, 4.69) is 37.3 Å². The van der Waals surface area contributed by atoms with Crippen LogP contribution in [0, 0.1) is 5.92 Å². The fourth-order valence-corrected chi connectivity index (χ4v) is 2.07. The Labute approximate surface area is 97.1 Å². The van der Waals surface area contributed by atoms with E-state index in [9.17, 15) is 5.11 Å². The number of rotatable bonds is 2. The molecule has 0 radical (unpaired) electrons. The van der Waals surface area contributed by atoms with E-state index in [0.29, 0.717) is 0 Å². The van der Waals surface area contributed by atoms with Crippen molar-refractivity contribution in [1.82, 2.24) is 0 Å². The average Bonchev–Trinajstić information content (AvgIpc) is 2.26. The SMILES string of the molecule is CC1C(Cc2ccccc2)=CC=CC1(C)O. The Kier molecular flexibility index (Phi) is 2.97. The van der Waals surface area contributed by atoms with Crippen LogP contribution >= 0.6 is 0 Å². The van der Waals surface area contributed by atoms with Crippen LogP contribution in [0.3, 0.4) is 0 Å². The van der Waals surface area contributed by atoms with E-state index in [0.717, 1.165) is 6.42 Å². The minimum Gasteiger partial charge on any atom is -0.385 e. The van der Waals surface area contributed by atoms with Gasteiger partial charge in [-0.1, -0.05) is 61.1 Å². The molecule has 1 nitrogen and oxygen atoms in total. The predicted octanol–water partition coefficient (Wildman–Crippen LogP) is 3.11. The van der Waals surface area contributed by atoms with Crippen LogP contribution < -0.4 is 0 Å². The summed E-state index contributed by atoms with van der Waals surface area (Å²) in [5.74, 6) is 0.178. The number of hydrogen-bond donors (Lipinski definition) is 1. The van der Waals surface area contributed by atoms with E-state index >= 15 is 0 Å². The molecule has 1 aromatic carbocycles. The van der Waals surface area contributed by atoms with E-state index in [1.807, 2.05) is 25.1 Å².